The normalized spacial score (nSPS) is 14.2. The van der Waals surface area contributed by atoms with Gasteiger partial charge in [0.05, 0.1) is 5.56 Å². The predicted molar refractivity (Wildman–Crippen MR) is 171 cm³/mol. The molecule has 4 amide bonds. The van der Waals surface area contributed by atoms with Crippen molar-refractivity contribution < 1.29 is 19.2 Å². The number of nitrogens with one attached hydrogen (secondary N) is 2. The fourth-order valence-corrected chi connectivity index (χ4v) is 7.30. The minimum Gasteiger partial charge on any atom is -0.398 e. The number of carbonyl (C=O) groups excluding carboxylic acids is 4. The van der Waals surface area contributed by atoms with Crippen molar-refractivity contribution in [1.82, 2.24) is 10.6 Å². The predicted octanol–water partition coefficient (Wildman–Crippen LogP) is 6.00. The summed E-state index contributed by atoms with van der Waals surface area (Å²) in [4.78, 5) is 53.3. The first-order chi connectivity index (χ1) is 21.3. The molecule has 0 aromatic heterocycles. The Bertz CT molecular complexity index is 2530. The minimum absolute atomic E-state index is 0.333. The number of nitrogens with two attached hydrogens (primary N) is 2. The van der Waals surface area contributed by atoms with Gasteiger partial charge in [0.25, 0.3) is 23.6 Å². The van der Waals surface area contributed by atoms with Crippen LogP contribution < -0.4 is 22.1 Å². The van der Waals surface area contributed by atoms with Gasteiger partial charge in [-0.15, -0.1) is 0 Å². The second-order valence-corrected chi connectivity index (χ2v) is 11.2. The Kier molecular flexibility index (Phi) is 4.52. The van der Waals surface area contributed by atoms with Crippen molar-refractivity contribution in [2.24, 2.45) is 0 Å². The van der Waals surface area contributed by atoms with Gasteiger partial charge in [-0.1, -0.05) is 54.6 Å². The number of nitrogen functional groups attached to an aromatic ring is 2. The summed E-state index contributed by atoms with van der Waals surface area (Å²) < 4.78 is 0. The summed E-state index contributed by atoms with van der Waals surface area (Å²) in [6.45, 7) is 0. The summed E-state index contributed by atoms with van der Waals surface area (Å²) in [7, 11) is 0. The highest BCUT2D eigenvalue weighted by atomic mass is 16.2. The molecule has 7 aromatic carbocycles. The quantitative estimate of drug-likeness (QED) is 0.0865. The number of anilines is 2. The average Bonchev–Trinajstić information content (AvgIpc) is 3.02. The highest BCUT2D eigenvalue weighted by molar-refractivity contribution is 6.44. The van der Waals surface area contributed by atoms with E-state index in [0.717, 1.165) is 32.3 Å². The highest BCUT2D eigenvalue weighted by Crippen LogP contribution is 2.53. The lowest BCUT2D eigenvalue weighted by Crippen LogP contribution is -2.35. The third kappa shape index (κ3) is 2.86. The number of benzene rings is 7. The van der Waals surface area contributed by atoms with Gasteiger partial charge in [0, 0.05) is 61.1 Å². The summed E-state index contributed by atoms with van der Waals surface area (Å²) >= 11 is 0. The number of hydrogen-bond acceptors (Lipinski definition) is 6. The highest BCUT2D eigenvalue weighted by Gasteiger charge is 2.35. The Morgan fingerprint density at radius 3 is 1.43 bits per heavy atom. The van der Waals surface area contributed by atoms with Gasteiger partial charge >= 0.3 is 0 Å². The van der Waals surface area contributed by atoms with Gasteiger partial charge in [-0.05, 0) is 62.6 Å². The number of para-hydroxylation sites is 2. The molecule has 2 heterocycles. The second-order valence-electron chi connectivity index (χ2n) is 11.2. The van der Waals surface area contributed by atoms with E-state index in [9.17, 15) is 19.2 Å². The molecule has 0 unspecified atom stereocenters. The molecule has 2 aliphatic rings. The molecule has 44 heavy (non-hydrogen) atoms. The second kappa shape index (κ2) is 8.17. The average molecular weight is 573 g/mol. The zero-order valence-corrected chi connectivity index (χ0v) is 22.9. The van der Waals surface area contributed by atoms with Crippen LogP contribution >= 0.6 is 0 Å². The van der Waals surface area contributed by atoms with Crippen molar-refractivity contribution in [1.29, 1.82) is 0 Å². The Morgan fingerprint density at radius 1 is 0.364 bits per heavy atom. The van der Waals surface area contributed by atoms with E-state index < -0.39 is 23.6 Å². The van der Waals surface area contributed by atoms with Crippen molar-refractivity contribution in [2.75, 3.05) is 11.5 Å². The third-order valence-corrected chi connectivity index (χ3v) is 9.05. The van der Waals surface area contributed by atoms with Crippen LogP contribution in [0.3, 0.4) is 0 Å². The van der Waals surface area contributed by atoms with Crippen LogP contribution in [0, 0.1) is 0 Å². The van der Waals surface area contributed by atoms with E-state index in [-0.39, 0.29) is 0 Å². The summed E-state index contributed by atoms with van der Waals surface area (Å²) in [5.41, 5.74) is 18.2. The van der Waals surface area contributed by atoms with Crippen molar-refractivity contribution in [2.45, 2.75) is 0 Å². The molecule has 6 N–H and O–H groups in total. The summed E-state index contributed by atoms with van der Waals surface area (Å²) in [5.74, 6) is -1.94. The fourth-order valence-electron chi connectivity index (χ4n) is 7.30. The Balaban J connectivity index is 1.68. The van der Waals surface area contributed by atoms with Crippen LogP contribution in [-0.2, 0) is 0 Å². The maximum absolute atomic E-state index is 13.9. The lowest BCUT2D eigenvalue weighted by molar-refractivity contribution is 0.0828. The van der Waals surface area contributed by atoms with Gasteiger partial charge in [0.2, 0.25) is 0 Å². The number of rotatable bonds is 2. The molecule has 2 aliphatic heterocycles. The molecule has 208 valence electrons. The standard InChI is InChI=1S/C36H20N4O4/c37-23-7-3-1-5-17(23)28-29(18-6-2-4-8-24(18)38)32-31-22(35(43)40-36(32)44)13-10-16-15-9-12-20-26-21(34(42)39-33(20)41)14-11-19(25(15)26)30(28)27(16)31/h1-14H,37-38H2,(H,39,41,42)(H,40,43,44). The maximum Gasteiger partial charge on any atom is 0.259 e. The molecule has 0 saturated heterocycles. The fraction of sp³-hybridized carbons (Fsp3) is 0. The van der Waals surface area contributed by atoms with E-state index in [0.29, 0.717) is 66.7 Å². The van der Waals surface area contributed by atoms with E-state index in [1.54, 1.807) is 30.3 Å². The molecule has 0 saturated carbocycles. The largest absolute Gasteiger partial charge is 0.398 e. The maximum atomic E-state index is 13.9. The van der Waals surface area contributed by atoms with Gasteiger partial charge in [-0.3, -0.25) is 29.8 Å². The molecule has 0 radical (unpaired) electrons. The van der Waals surface area contributed by atoms with Gasteiger partial charge in [-0.2, -0.15) is 0 Å². The monoisotopic (exact) mass is 572 g/mol. The number of hydrogen-bond donors (Lipinski definition) is 4. The summed E-state index contributed by atoms with van der Waals surface area (Å²) in [6.07, 6.45) is 0. The van der Waals surface area contributed by atoms with Gasteiger partial charge < -0.3 is 11.5 Å². The lowest BCUT2D eigenvalue weighted by atomic mass is 9.76. The number of imide groups is 2. The molecule has 0 spiro atoms. The van der Waals surface area contributed by atoms with Crippen molar-refractivity contribution in [3.05, 3.63) is 107 Å². The van der Waals surface area contributed by atoms with Crippen LogP contribution in [0.5, 0.6) is 0 Å². The van der Waals surface area contributed by atoms with Gasteiger partial charge in [-0.25, -0.2) is 0 Å². The SMILES string of the molecule is Nc1ccccc1-c1c2c3c(ccc4c5ccc6c7c(ccc(c(c1-c1ccccc1N)c34)c75)C(=O)NC6=O)C(=O)NC2=O. The zero-order valence-electron chi connectivity index (χ0n) is 22.9. The first-order valence-electron chi connectivity index (χ1n) is 14.0. The van der Waals surface area contributed by atoms with Gasteiger partial charge in [0.1, 0.15) is 0 Å². The molecule has 8 heteroatoms. The van der Waals surface area contributed by atoms with Crippen LogP contribution in [0.4, 0.5) is 11.4 Å². The van der Waals surface area contributed by atoms with Crippen LogP contribution in [-0.4, -0.2) is 23.6 Å². The molecular formula is C36H20N4O4. The van der Waals surface area contributed by atoms with Crippen molar-refractivity contribution in [3.8, 4) is 22.3 Å². The van der Waals surface area contributed by atoms with E-state index in [1.807, 2.05) is 54.6 Å². The molecule has 8 nitrogen and oxygen atoms in total. The summed E-state index contributed by atoms with van der Waals surface area (Å²) in [6, 6.07) is 25.5. The van der Waals surface area contributed by atoms with E-state index in [1.165, 1.54) is 0 Å². The van der Waals surface area contributed by atoms with Crippen LogP contribution in [0.2, 0.25) is 0 Å². The third-order valence-electron chi connectivity index (χ3n) is 9.05. The molecule has 0 bridgehead atoms. The van der Waals surface area contributed by atoms with Crippen molar-refractivity contribution in [3.63, 3.8) is 0 Å². The Morgan fingerprint density at radius 2 is 0.841 bits per heavy atom. The zero-order chi connectivity index (χ0) is 30.0. The summed E-state index contributed by atoms with van der Waals surface area (Å²) in [5, 5.41) is 10.6. The molecule has 0 atom stereocenters. The smallest absolute Gasteiger partial charge is 0.259 e. The number of amides is 4. The van der Waals surface area contributed by atoms with E-state index in [2.05, 4.69) is 10.6 Å². The Hall–Kier alpha value is -6.28. The Labute approximate surface area is 248 Å². The molecule has 0 aliphatic carbocycles. The van der Waals surface area contributed by atoms with Crippen LogP contribution in [0.15, 0.2) is 84.9 Å². The van der Waals surface area contributed by atoms with E-state index >= 15 is 0 Å². The number of fused-ring (bicyclic) bond motifs is 2. The topological polar surface area (TPSA) is 144 Å². The first kappa shape index (κ1) is 24.3. The van der Waals surface area contributed by atoms with E-state index in [4.69, 9.17) is 11.5 Å². The molecular weight excluding hydrogens is 552 g/mol. The van der Waals surface area contributed by atoms with Gasteiger partial charge in [0.15, 0.2) is 0 Å². The molecule has 7 aromatic rings. The van der Waals surface area contributed by atoms with Crippen LogP contribution in [0.25, 0.3) is 65.3 Å². The minimum atomic E-state index is -0.529. The first-order valence-corrected chi connectivity index (χ1v) is 14.0. The van der Waals surface area contributed by atoms with Crippen LogP contribution in [0.1, 0.15) is 41.4 Å². The number of carbonyl (C=O) groups is 4. The lowest BCUT2D eigenvalue weighted by Gasteiger charge is -2.28. The van der Waals surface area contributed by atoms with Crippen molar-refractivity contribution >= 4 is 78.1 Å². The molecule has 0 fully saturated rings. The molecule has 9 rings (SSSR count).